The first-order valence-electron chi connectivity index (χ1n) is 6.60. The number of nitrogens with one attached hydrogen (secondary N) is 1. The Morgan fingerprint density at radius 3 is 2.68 bits per heavy atom. The van der Waals surface area contributed by atoms with Crippen molar-refractivity contribution in [3.63, 3.8) is 0 Å². The minimum Gasteiger partial charge on any atom is -0.295 e. The van der Waals surface area contributed by atoms with E-state index in [0.717, 1.165) is 0 Å². The maximum absolute atomic E-state index is 12.7. The molecule has 1 unspecified atom stereocenters. The molecule has 3 rings (SSSR count). The minimum atomic E-state index is -0.764. The monoisotopic (exact) mass is 339 g/mol. The highest BCUT2D eigenvalue weighted by molar-refractivity contribution is 6.38. The van der Waals surface area contributed by atoms with Crippen LogP contribution in [0.3, 0.4) is 0 Å². The number of hydrogen-bond donors (Lipinski definition) is 1. The van der Waals surface area contributed by atoms with Crippen LogP contribution in [0.25, 0.3) is 10.9 Å². The second kappa shape index (κ2) is 5.37. The molecular formula is C14H11Cl2N3O3. The molecule has 2 amide bonds. The van der Waals surface area contributed by atoms with Gasteiger partial charge in [0.1, 0.15) is 11.9 Å². The van der Waals surface area contributed by atoms with Crippen molar-refractivity contribution in [2.24, 2.45) is 0 Å². The Morgan fingerprint density at radius 2 is 2.00 bits per heavy atom. The molecule has 8 heteroatoms. The zero-order valence-corrected chi connectivity index (χ0v) is 13.0. The van der Waals surface area contributed by atoms with Crippen molar-refractivity contribution in [1.82, 2.24) is 14.9 Å². The summed E-state index contributed by atoms with van der Waals surface area (Å²) in [6, 6.07) is 2.22. The number of nitrogens with zero attached hydrogens (tertiary/aromatic N) is 2. The average Bonchev–Trinajstić information content (AvgIpc) is 2.42. The van der Waals surface area contributed by atoms with Crippen molar-refractivity contribution < 1.29 is 9.59 Å². The molecule has 1 N–H and O–H groups in total. The number of amides is 2. The number of aryl methyl sites for hydroxylation is 1. The van der Waals surface area contributed by atoms with Gasteiger partial charge in [0.05, 0.1) is 15.9 Å². The van der Waals surface area contributed by atoms with Crippen LogP contribution in [0.1, 0.15) is 24.7 Å². The first-order chi connectivity index (χ1) is 10.4. The number of carbonyl (C=O) groups excluding carboxylic acids is 2. The lowest BCUT2D eigenvalue weighted by atomic mass is 10.1. The highest BCUT2D eigenvalue weighted by Crippen LogP contribution is 2.26. The van der Waals surface area contributed by atoms with Gasteiger partial charge < -0.3 is 0 Å². The molecule has 1 atom stereocenters. The first-order valence-corrected chi connectivity index (χ1v) is 7.35. The summed E-state index contributed by atoms with van der Waals surface area (Å²) in [5.41, 5.74) is -0.0569. The lowest BCUT2D eigenvalue weighted by molar-refractivity contribution is -0.135. The number of halogens is 2. The molecule has 0 spiro atoms. The van der Waals surface area contributed by atoms with E-state index in [1.165, 1.54) is 16.7 Å². The van der Waals surface area contributed by atoms with E-state index in [2.05, 4.69) is 10.3 Å². The highest BCUT2D eigenvalue weighted by Gasteiger charge is 2.30. The molecule has 1 aromatic carbocycles. The Morgan fingerprint density at radius 1 is 1.27 bits per heavy atom. The number of hydrogen-bond acceptors (Lipinski definition) is 4. The van der Waals surface area contributed by atoms with E-state index in [-0.39, 0.29) is 29.2 Å². The molecule has 2 heterocycles. The van der Waals surface area contributed by atoms with Crippen molar-refractivity contribution in [3.05, 3.63) is 38.4 Å². The summed E-state index contributed by atoms with van der Waals surface area (Å²) < 4.78 is 1.29. The van der Waals surface area contributed by atoms with Gasteiger partial charge in [0.15, 0.2) is 0 Å². The highest BCUT2D eigenvalue weighted by atomic mass is 35.5. The average molecular weight is 340 g/mol. The molecule has 0 aliphatic carbocycles. The fourth-order valence-electron chi connectivity index (χ4n) is 2.63. The van der Waals surface area contributed by atoms with Crippen molar-refractivity contribution in [1.29, 1.82) is 0 Å². The summed E-state index contributed by atoms with van der Waals surface area (Å²) in [5.74, 6) is -0.487. The molecule has 1 fully saturated rings. The first kappa shape index (κ1) is 15.0. The van der Waals surface area contributed by atoms with Crippen LogP contribution in [-0.2, 0) is 9.59 Å². The van der Waals surface area contributed by atoms with Gasteiger partial charge in [-0.15, -0.1) is 0 Å². The maximum Gasteiger partial charge on any atom is 0.262 e. The number of piperidine rings is 1. The third kappa shape index (κ3) is 2.38. The van der Waals surface area contributed by atoms with Crippen LogP contribution in [-0.4, -0.2) is 21.4 Å². The molecule has 1 aliphatic rings. The van der Waals surface area contributed by atoms with Crippen LogP contribution in [0.15, 0.2) is 16.9 Å². The van der Waals surface area contributed by atoms with Gasteiger partial charge in [-0.05, 0) is 25.5 Å². The summed E-state index contributed by atoms with van der Waals surface area (Å²) in [7, 11) is 0. The van der Waals surface area contributed by atoms with E-state index in [4.69, 9.17) is 23.2 Å². The van der Waals surface area contributed by atoms with E-state index >= 15 is 0 Å². The predicted molar refractivity (Wildman–Crippen MR) is 82.2 cm³/mol. The van der Waals surface area contributed by atoms with Crippen LogP contribution in [0.5, 0.6) is 0 Å². The topological polar surface area (TPSA) is 81.1 Å². The lowest BCUT2D eigenvalue weighted by Crippen LogP contribution is -2.45. The van der Waals surface area contributed by atoms with Gasteiger partial charge in [-0.1, -0.05) is 23.2 Å². The summed E-state index contributed by atoms with van der Waals surface area (Å²) in [4.78, 5) is 40.3. The van der Waals surface area contributed by atoms with Gasteiger partial charge in [-0.3, -0.25) is 24.3 Å². The van der Waals surface area contributed by atoms with Crippen LogP contribution in [0.2, 0.25) is 10.0 Å². The van der Waals surface area contributed by atoms with E-state index < -0.39 is 17.5 Å². The lowest BCUT2D eigenvalue weighted by Gasteiger charge is -2.24. The third-order valence-electron chi connectivity index (χ3n) is 3.62. The van der Waals surface area contributed by atoms with Crippen LogP contribution >= 0.6 is 23.2 Å². The van der Waals surface area contributed by atoms with Gasteiger partial charge in [-0.2, -0.15) is 0 Å². The van der Waals surface area contributed by atoms with Gasteiger partial charge in [-0.25, -0.2) is 4.98 Å². The number of rotatable bonds is 1. The summed E-state index contributed by atoms with van der Waals surface area (Å²) in [5, 5.41) is 3.07. The zero-order valence-electron chi connectivity index (χ0n) is 11.5. The number of carbonyl (C=O) groups is 2. The third-order valence-corrected chi connectivity index (χ3v) is 4.13. The van der Waals surface area contributed by atoms with Crippen molar-refractivity contribution in [3.8, 4) is 0 Å². The Bertz CT molecular complexity index is 876. The molecule has 1 aliphatic heterocycles. The summed E-state index contributed by atoms with van der Waals surface area (Å²) in [6.45, 7) is 1.62. The predicted octanol–water partition coefficient (Wildman–Crippen LogP) is 1.99. The van der Waals surface area contributed by atoms with Crippen molar-refractivity contribution >= 4 is 45.9 Å². The molecule has 114 valence electrons. The number of fused-ring (bicyclic) bond motifs is 1. The van der Waals surface area contributed by atoms with Crippen LogP contribution in [0, 0.1) is 6.92 Å². The van der Waals surface area contributed by atoms with Gasteiger partial charge >= 0.3 is 0 Å². The second-order valence-electron chi connectivity index (χ2n) is 5.08. The van der Waals surface area contributed by atoms with Gasteiger partial charge in [0.2, 0.25) is 11.8 Å². The minimum absolute atomic E-state index is 0.177. The Hall–Kier alpha value is -1.92. The van der Waals surface area contributed by atoms with Crippen molar-refractivity contribution in [2.45, 2.75) is 25.8 Å². The fraction of sp³-hybridized carbons (Fsp3) is 0.286. The molecule has 0 saturated carbocycles. The van der Waals surface area contributed by atoms with Gasteiger partial charge in [0.25, 0.3) is 5.56 Å². The van der Waals surface area contributed by atoms with Crippen LogP contribution < -0.4 is 10.9 Å². The van der Waals surface area contributed by atoms with E-state index in [0.29, 0.717) is 16.4 Å². The zero-order chi connectivity index (χ0) is 16.0. The molecule has 0 bridgehead atoms. The largest absolute Gasteiger partial charge is 0.295 e. The summed E-state index contributed by atoms with van der Waals surface area (Å²) >= 11 is 12.0. The number of benzene rings is 1. The van der Waals surface area contributed by atoms with E-state index in [9.17, 15) is 14.4 Å². The standard InChI is InChI=1S/C14H11Cl2N3O3/c1-6-17-12-8(4-7(15)5-9(12)16)14(22)19(6)10-2-3-11(20)18-13(10)21/h4-5,10H,2-3H2,1H3,(H,18,20,21). The summed E-state index contributed by atoms with van der Waals surface area (Å²) in [6.07, 6.45) is 0.434. The molecular weight excluding hydrogens is 329 g/mol. The van der Waals surface area contributed by atoms with Crippen LogP contribution in [0.4, 0.5) is 0 Å². The maximum atomic E-state index is 12.7. The SMILES string of the molecule is Cc1nc2c(Cl)cc(Cl)cc2c(=O)n1C1CCC(=O)NC1=O. The van der Waals surface area contributed by atoms with E-state index in [1.807, 2.05) is 0 Å². The van der Waals surface area contributed by atoms with Gasteiger partial charge in [0, 0.05) is 11.4 Å². The quantitative estimate of drug-likeness (QED) is 0.805. The molecule has 6 nitrogen and oxygen atoms in total. The smallest absolute Gasteiger partial charge is 0.262 e. The molecule has 22 heavy (non-hydrogen) atoms. The Balaban J connectivity index is 2.25. The fourth-order valence-corrected chi connectivity index (χ4v) is 3.17. The Labute approximate surface area is 135 Å². The normalized spacial score (nSPS) is 18.6. The number of aromatic nitrogens is 2. The molecule has 1 aromatic heterocycles. The Kier molecular flexibility index (Phi) is 3.66. The molecule has 2 aromatic rings. The molecule has 1 saturated heterocycles. The molecule has 0 radical (unpaired) electrons. The number of imide groups is 1. The van der Waals surface area contributed by atoms with E-state index in [1.54, 1.807) is 6.92 Å². The van der Waals surface area contributed by atoms with Crippen molar-refractivity contribution in [2.75, 3.05) is 0 Å². The second-order valence-corrected chi connectivity index (χ2v) is 5.93.